The van der Waals surface area contributed by atoms with Crippen molar-refractivity contribution in [1.82, 2.24) is 0 Å². The third-order valence-corrected chi connectivity index (χ3v) is 4.63. The maximum absolute atomic E-state index is 11.6. The molecule has 1 heterocycles. The largest absolute Gasteiger partial charge is 0.371 e. The fraction of sp³-hybridized carbons (Fsp3) is 1.00. The molecule has 5 heteroatoms. The standard InChI is InChI=1S/C10H20O4S/c1-7(2)10(5)9(4)13-8(3)6-15(11,12)14-10/h7-9H,6H2,1-5H3. The van der Waals surface area contributed by atoms with Gasteiger partial charge in [0.25, 0.3) is 10.1 Å². The van der Waals surface area contributed by atoms with E-state index < -0.39 is 15.7 Å². The van der Waals surface area contributed by atoms with Crippen LogP contribution in [0.1, 0.15) is 34.6 Å². The Morgan fingerprint density at radius 2 is 1.87 bits per heavy atom. The Bertz CT molecular complexity index is 322. The Morgan fingerprint density at radius 3 is 2.33 bits per heavy atom. The van der Waals surface area contributed by atoms with E-state index in [1.807, 2.05) is 20.8 Å². The molecule has 1 saturated heterocycles. The monoisotopic (exact) mass is 236 g/mol. The maximum atomic E-state index is 11.6. The van der Waals surface area contributed by atoms with Crippen LogP contribution in [0.3, 0.4) is 0 Å². The van der Waals surface area contributed by atoms with E-state index in [2.05, 4.69) is 0 Å². The van der Waals surface area contributed by atoms with Crippen LogP contribution in [0.25, 0.3) is 0 Å². The smallest absolute Gasteiger partial charge is 0.270 e. The second-order valence-electron chi connectivity index (χ2n) is 4.74. The summed E-state index contributed by atoms with van der Waals surface area (Å²) in [5.74, 6) is 0.00667. The van der Waals surface area contributed by atoms with Gasteiger partial charge in [0.2, 0.25) is 0 Å². The van der Waals surface area contributed by atoms with Gasteiger partial charge in [-0.05, 0) is 26.7 Å². The zero-order valence-electron chi connectivity index (χ0n) is 9.98. The minimum absolute atomic E-state index is 0.0698. The van der Waals surface area contributed by atoms with Crippen molar-refractivity contribution in [3.63, 3.8) is 0 Å². The van der Waals surface area contributed by atoms with Gasteiger partial charge in [0, 0.05) is 0 Å². The van der Waals surface area contributed by atoms with Crippen LogP contribution >= 0.6 is 0 Å². The van der Waals surface area contributed by atoms with Crippen molar-refractivity contribution in [2.24, 2.45) is 5.92 Å². The van der Waals surface area contributed by atoms with E-state index in [1.54, 1.807) is 13.8 Å². The van der Waals surface area contributed by atoms with Crippen molar-refractivity contribution in [1.29, 1.82) is 0 Å². The molecule has 0 amide bonds. The van der Waals surface area contributed by atoms with Gasteiger partial charge in [-0.1, -0.05) is 13.8 Å². The Hall–Kier alpha value is -0.130. The third kappa shape index (κ3) is 2.71. The Balaban J connectivity index is 3.07. The van der Waals surface area contributed by atoms with Gasteiger partial charge in [0.05, 0.1) is 12.2 Å². The molecule has 0 saturated carbocycles. The quantitative estimate of drug-likeness (QED) is 0.648. The van der Waals surface area contributed by atoms with E-state index in [0.717, 1.165) is 0 Å². The molecule has 0 aliphatic carbocycles. The van der Waals surface area contributed by atoms with E-state index in [9.17, 15) is 8.42 Å². The van der Waals surface area contributed by atoms with Crippen molar-refractivity contribution in [3.8, 4) is 0 Å². The average Bonchev–Trinajstić information content (AvgIpc) is 2.06. The van der Waals surface area contributed by atoms with Gasteiger partial charge in [-0.15, -0.1) is 0 Å². The van der Waals surface area contributed by atoms with E-state index in [-0.39, 0.29) is 23.9 Å². The summed E-state index contributed by atoms with van der Waals surface area (Å²) in [4.78, 5) is 0. The predicted molar refractivity (Wildman–Crippen MR) is 58.1 cm³/mol. The predicted octanol–water partition coefficient (Wildman–Crippen LogP) is 1.55. The summed E-state index contributed by atoms with van der Waals surface area (Å²) in [5.41, 5.74) is -0.774. The summed E-state index contributed by atoms with van der Waals surface area (Å²) in [5, 5.41) is 0. The first-order valence-electron chi connectivity index (χ1n) is 5.26. The molecule has 3 atom stereocenters. The second-order valence-corrected chi connectivity index (χ2v) is 6.35. The van der Waals surface area contributed by atoms with Crippen LogP contribution in [0.5, 0.6) is 0 Å². The molecule has 90 valence electrons. The SMILES string of the molecule is CC1CS(=O)(=O)OC(C)(C(C)C)C(C)O1. The molecule has 1 fully saturated rings. The lowest BCUT2D eigenvalue weighted by Gasteiger charge is -2.36. The fourth-order valence-electron chi connectivity index (χ4n) is 1.75. The molecule has 0 spiro atoms. The Morgan fingerprint density at radius 1 is 1.33 bits per heavy atom. The minimum atomic E-state index is -3.48. The molecule has 0 aromatic rings. The molecule has 3 unspecified atom stereocenters. The highest BCUT2D eigenvalue weighted by atomic mass is 32.2. The summed E-state index contributed by atoms with van der Waals surface area (Å²) >= 11 is 0. The molecule has 1 rings (SSSR count). The first kappa shape index (κ1) is 12.9. The topological polar surface area (TPSA) is 52.6 Å². The first-order chi connectivity index (χ1) is 6.67. The van der Waals surface area contributed by atoms with Gasteiger partial charge in [-0.25, -0.2) is 0 Å². The number of hydrogen-bond acceptors (Lipinski definition) is 4. The second kappa shape index (κ2) is 4.03. The van der Waals surface area contributed by atoms with Crippen molar-refractivity contribution in [2.75, 3.05) is 5.75 Å². The first-order valence-corrected chi connectivity index (χ1v) is 6.84. The number of hydrogen-bond donors (Lipinski definition) is 0. The molecule has 0 N–H and O–H groups in total. The molecular weight excluding hydrogens is 216 g/mol. The van der Waals surface area contributed by atoms with E-state index in [0.29, 0.717) is 0 Å². The van der Waals surface area contributed by atoms with E-state index >= 15 is 0 Å². The third-order valence-electron chi connectivity index (χ3n) is 3.14. The summed E-state index contributed by atoms with van der Waals surface area (Å²) < 4.78 is 34.2. The van der Waals surface area contributed by atoms with Crippen LogP contribution in [-0.4, -0.2) is 32.0 Å². The van der Waals surface area contributed by atoms with Crippen molar-refractivity contribution in [3.05, 3.63) is 0 Å². The lowest BCUT2D eigenvalue weighted by Crippen LogP contribution is -2.46. The van der Waals surface area contributed by atoms with Crippen LogP contribution < -0.4 is 0 Å². The lowest BCUT2D eigenvalue weighted by molar-refractivity contribution is -0.100. The molecule has 1 aliphatic rings. The number of rotatable bonds is 1. The molecule has 15 heavy (non-hydrogen) atoms. The Labute approximate surface area is 92.1 Å². The maximum Gasteiger partial charge on any atom is 0.270 e. The van der Waals surface area contributed by atoms with E-state index in [1.165, 1.54) is 0 Å². The molecule has 0 aromatic heterocycles. The molecular formula is C10H20O4S. The van der Waals surface area contributed by atoms with Crippen molar-refractivity contribution in [2.45, 2.75) is 52.4 Å². The summed E-state index contributed by atoms with van der Waals surface area (Å²) in [6, 6.07) is 0. The van der Waals surface area contributed by atoms with Crippen LogP contribution in [-0.2, 0) is 19.0 Å². The van der Waals surface area contributed by atoms with Gasteiger partial charge >= 0.3 is 0 Å². The summed E-state index contributed by atoms with van der Waals surface area (Å²) in [6.07, 6.45) is -0.546. The molecule has 0 bridgehead atoms. The zero-order valence-corrected chi connectivity index (χ0v) is 10.8. The minimum Gasteiger partial charge on any atom is -0.371 e. The summed E-state index contributed by atoms with van der Waals surface area (Å²) in [6.45, 7) is 9.27. The van der Waals surface area contributed by atoms with Gasteiger partial charge in [-0.3, -0.25) is 4.18 Å². The van der Waals surface area contributed by atoms with Gasteiger partial charge in [-0.2, -0.15) is 8.42 Å². The molecule has 0 radical (unpaired) electrons. The van der Waals surface area contributed by atoms with Crippen molar-refractivity contribution >= 4 is 10.1 Å². The van der Waals surface area contributed by atoms with Crippen LogP contribution in [0.4, 0.5) is 0 Å². The van der Waals surface area contributed by atoms with Crippen molar-refractivity contribution < 1.29 is 17.3 Å². The zero-order chi connectivity index (χ0) is 11.9. The molecule has 4 nitrogen and oxygen atoms in total. The van der Waals surface area contributed by atoms with E-state index in [4.69, 9.17) is 8.92 Å². The molecule has 1 aliphatic heterocycles. The lowest BCUT2D eigenvalue weighted by atomic mass is 9.87. The van der Waals surface area contributed by atoms with Crippen LogP contribution in [0, 0.1) is 5.92 Å². The van der Waals surface area contributed by atoms with Gasteiger partial charge in [0.1, 0.15) is 11.4 Å². The normalized spacial score (nSPS) is 41.5. The number of ether oxygens (including phenoxy) is 1. The van der Waals surface area contributed by atoms with Crippen LogP contribution in [0.2, 0.25) is 0 Å². The Kier molecular flexibility index (Phi) is 3.48. The highest BCUT2D eigenvalue weighted by Gasteiger charge is 2.44. The average molecular weight is 236 g/mol. The highest BCUT2D eigenvalue weighted by Crippen LogP contribution is 2.33. The fourth-order valence-corrected chi connectivity index (χ4v) is 3.35. The van der Waals surface area contributed by atoms with Gasteiger partial charge in [0.15, 0.2) is 0 Å². The molecule has 0 aromatic carbocycles. The van der Waals surface area contributed by atoms with Gasteiger partial charge < -0.3 is 4.74 Å². The highest BCUT2D eigenvalue weighted by molar-refractivity contribution is 7.86. The van der Waals surface area contributed by atoms with Crippen LogP contribution in [0.15, 0.2) is 0 Å². The summed E-state index contributed by atoms with van der Waals surface area (Å²) in [7, 11) is -3.48.